The summed E-state index contributed by atoms with van der Waals surface area (Å²) in [6.45, 7) is 0.448. The molecule has 2 saturated heterocycles. The van der Waals surface area contributed by atoms with Crippen LogP contribution in [0.5, 0.6) is 0 Å². The maximum atomic E-state index is 15.5. The monoisotopic (exact) mass is 574 g/mol. The summed E-state index contributed by atoms with van der Waals surface area (Å²) in [6.07, 6.45) is 2.65. The number of hydrogen-bond donors (Lipinski definition) is 2. The number of aryl methyl sites for hydroxylation is 1. The molecular weight excluding hydrogens is 551 g/mol. The smallest absolute Gasteiger partial charge is 0.407 e. The molecule has 11 heteroatoms. The molecule has 1 amide bonds. The highest BCUT2D eigenvalue weighted by atomic mass is 79.9. The Bertz CT molecular complexity index is 1340. The number of amides is 1. The molecule has 2 aliphatic heterocycles. The molecule has 2 N–H and O–H groups in total. The highest BCUT2D eigenvalue weighted by Gasteiger charge is 2.54. The van der Waals surface area contributed by atoms with Crippen molar-refractivity contribution >= 4 is 56.3 Å². The lowest BCUT2D eigenvalue weighted by molar-refractivity contribution is -0.140. The third-order valence-corrected chi connectivity index (χ3v) is 8.19. The number of pyridine rings is 1. The number of carboxylic acid groups (broad SMARTS) is 1. The molecule has 3 aliphatic rings. The van der Waals surface area contributed by atoms with Gasteiger partial charge in [-0.3, -0.25) is 4.79 Å². The first-order valence-electron chi connectivity index (χ1n) is 11.4. The maximum Gasteiger partial charge on any atom is 0.407 e. The number of ether oxygens (including phenoxy) is 1. The van der Waals surface area contributed by atoms with E-state index in [-0.39, 0.29) is 53.2 Å². The number of nitrogens with zero attached hydrogens (tertiary/aromatic N) is 3. The summed E-state index contributed by atoms with van der Waals surface area (Å²) in [5.41, 5.74) is 1.96. The summed E-state index contributed by atoms with van der Waals surface area (Å²) in [4.78, 5) is 29.2. The lowest BCUT2D eigenvalue weighted by Crippen LogP contribution is -2.49. The molecule has 1 aromatic heterocycles. The average molecular weight is 575 g/mol. The number of nitrogens with one attached hydrogen (secondary N) is 1. The molecule has 1 unspecified atom stereocenters. The molecule has 0 radical (unpaired) electrons. The summed E-state index contributed by atoms with van der Waals surface area (Å²) in [7, 11) is 1.32. The van der Waals surface area contributed by atoms with E-state index in [0.717, 1.165) is 6.42 Å². The van der Waals surface area contributed by atoms with Crippen molar-refractivity contribution in [2.45, 2.75) is 49.2 Å². The van der Waals surface area contributed by atoms with Gasteiger partial charge < -0.3 is 20.1 Å². The number of rotatable bonds is 7. The molecule has 5 rings (SSSR count). The fraction of sp³-hybridized carbons (Fsp3) is 0.440. The van der Waals surface area contributed by atoms with Gasteiger partial charge in [-0.05, 0) is 46.7 Å². The van der Waals surface area contributed by atoms with Crippen molar-refractivity contribution in [3.8, 4) is 17.9 Å². The first-order valence-corrected chi connectivity index (χ1v) is 13.4. The lowest BCUT2D eigenvalue weighted by Gasteiger charge is -2.37. The van der Waals surface area contributed by atoms with E-state index in [0.29, 0.717) is 40.2 Å². The van der Waals surface area contributed by atoms with Gasteiger partial charge in [-0.15, -0.1) is 11.8 Å². The van der Waals surface area contributed by atoms with E-state index < -0.39 is 11.9 Å². The normalized spacial score (nSPS) is 19.8. The van der Waals surface area contributed by atoms with E-state index in [1.807, 2.05) is 12.3 Å². The first kappa shape index (κ1) is 26.1. The minimum Gasteiger partial charge on any atom is -0.469 e. The van der Waals surface area contributed by atoms with Crippen LogP contribution in [0, 0.1) is 34.9 Å². The third kappa shape index (κ3) is 4.82. The van der Waals surface area contributed by atoms with Gasteiger partial charge >= 0.3 is 12.1 Å². The van der Waals surface area contributed by atoms with Crippen LogP contribution in [0.25, 0.3) is 10.9 Å². The summed E-state index contributed by atoms with van der Waals surface area (Å²) >= 11 is 4.65. The van der Waals surface area contributed by atoms with E-state index in [1.165, 1.54) is 23.8 Å². The van der Waals surface area contributed by atoms with Crippen molar-refractivity contribution in [2.75, 3.05) is 25.2 Å². The topological polar surface area (TPSA) is 116 Å². The van der Waals surface area contributed by atoms with Crippen LogP contribution in [0.4, 0.5) is 14.9 Å². The Morgan fingerprint density at radius 1 is 1.44 bits per heavy atom. The molecule has 1 saturated carbocycles. The fourth-order valence-corrected chi connectivity index (χ4v) is 5.83. The predicted molar refractivity (Wildman–Crippen MR) is 137 cm³/mol. The van der Waals surface area contributed by atoms with Crippen molar-refractivity contribution < 1.29 is 23.8 Å². The maximum absolute atomic E-state index is 15.5. The van der Waals surface area contributed by atoms with Gasteiger partial charge in [-0.25, -0.2) is 14.2 Å². The molecule has 188 valence electrons. The van der Waals surface area contributed by atoms with Gasteiger partial charge in [0, 0.05) is 30.7 Å². The van der Waals surface area contributed by atoms with Crippen molar-refractivity contribution in [1.82, 2.24) is 9.88 Å². The fourth-order valence-electron chi connectivity index (χ4n) is 4.79. The number of anilines is 1. The number of esters is 1. The molecule has 2 aromatic rings. The molecule has 36 heavy (non-hydrogen) atoms. The Balaban J connectivity index is 1.84. The Morgan fingerprint density at radius 2 is 2.22 bits per heavy atom. The summed E-state index contributed by atoms with van der Waals surface area (Å²) in [5, 5.41) is 23.1. The van der Waals surface area contributed by atoms with Gasteiger partial charge in [-0.1, -0.05) is 11.8 Å². The third-order valence-electron chi connectivity index (χ3n) is 6.65. The SMILES string of the molecule is COC(=O)CCC#Cc1c(SC)nc2c(F)c(Br)c(CCC#N)cc2c1NC1[C@@H]2C[C@H]1N(C(=O)O)C2. The zero-order valence-corrected chi connectivity index (χ0v) is 22.1. The van der Waals surface area contributed by atoms with E-state index >= 15 is 4.39 Å². The Morgan fingerprint density at radius 3 is 2.86 bits per heavy atom. The van der Waals surface area contributed by atoms with Gasteiger partial charge in [0.2, 0.25) is 0 Å². The zero-order valence-electron chi connectivity index (χ0n) is 19.7. The number of carbonyl (C=O) groups excluding carboxylic acids is 1. The van der Waals surface area contributed by atoms with Crippen LogP contribution in [0.2, 0.25) is 0 Å². The van der Waals surface area contributed by atoms with Crippen LogP contribution in [0.15, 0.2) is 15.6 Å². The highest BCUT2D eigenvalue weighted by molar-refractivity contribution is 9.10. The number of hydrogen-bond acceptors (Lipinski definition) is 7. The van der Waals surface area contributed by atoms with Crippen LogP contribution in [-0.4, -0.2) is 59.0 Å². The van der Waals surface area contributed by atoms with Crippen LogP contribution in [0.3, 0.4) is 0 Å². The number of nitriles is 1. The quantitative estimate of drug-likeness (QED) is 0.275. The van der Waals surface area contributed by atoms with E-state index in [9.17, 15) is 14.7 Å². The largest absolute Gasteiger partial charge is 0.469 e. The van der Waals surface area contributed by atoms with Crippen molar-refractivity contribution in [3.63, 3.8) is 0 Å². The number of thioether (sulfide) groups is 1. The number of halogens is 2. The van der Waals surface area contributed by atoms with Crippen LogP contribution >= 0.6 is 27.7 Å². The summed E-state index contributed by atoms with van der Waals surface area (Å²) < 4.78 is 20.5. The van der Waals surface area contributed by atoms with Gasteiger partial charge in [0.1, 0.15) is 10.5 Å². The van der Waals surface area contributed by atoms with Crippen molar-refractivity contribution in [1.29, 1.82) is 5.26 Å². The lowest BCUT2D eigenvalue weighted by atomic mass is 9.79. The molecule has 3 heterocycles. The average Bonchev–Trinajstić information content (AvgIpc) is 3.47. The van der Waals surface area contributed by atoms with Crippen LogP contribution in [0.1, 0.15) is 36.8 Å². The predicted octanol–water partition coefficient (Wildman–Crippen LogP) is 4.78. The number of methoxy groups -OCH3 is 1. The molecule has 1 aromatic carbocycles. The van der Waals surface area contributed by atoms with Crippen molar-refractivity contribution in [2.24, 2.45) is 5.92 Å². The van der Waals surface area contributed by atoms with E-state index in [2.05, 4.69) is 48.9 Å². The van der Waals surface area contributed by atoms with E-state index in [4.69, 9.17) is 5.26 Å². The Kier molecular flexibility index (Phi) is 7.91. The molecule has 1 aliphatic carbocycles. The van der Waals surface area contributed by atoms with Gasteiger partial charge in [0.05, 0.1) is 47.4 Å². The molecule has 3 atom stereocenters. The standard InChI is InChI=1S/C25H24BrFN4O4S/c1-35-18(32)8-4-3-7-15-22(29-21-14-11-17(21)31(12-14)25(33)34)16-10-13(6-5-9-28)19(26)20(27)23(16)30-24(15)36-2/h10,14,17,21H,4-6,8,11-12H2,1-2H3,(H,29,30)(H,33,34)/t14-,17-,21?/m1/s1. The van der Waals surface area contributed by atoms with E-state index in [1.54, 1.807) is 0 Å². The zero-order chi connectivity index (χ0) is 26.0. The minimum atomic E-state index is -0.951. The number of fused-ring (bicyclic) bond motifs is 2. The van der Waals surface area contributed by atoms with Crippen LogP contribution in [-0.2, 0) is 16.0 Å². The molecule has 3 fully saturated rings. The van der Waals surface area contributed by atoms with Gasteiger partial charge in [-0.2, -0.15) is 5.26 Å². The molecular formula is C25H24BrFN4O4S. The number of carbonyl (C=O) groups is 2. The Hall–Kier alpha value is -3.02. The highest BCUT2D eigenvalue weighted by Crippen LogP contribution is 2.45. The van der Waals surface area contributed by atoms with Crippen LogP contribution < -0.4 is 5.32 Å². The second-order valence-corrected chi connectivity index (χ2v) is 10.2. The van der Waals surface area contributed by atoms with Gasteiger partial charge in [0.25, 0.3) is 0 Å². The Labute approximate surface area is 220 Å². The second-order valence-electron chi connectivity index (χ2n) is 8.64. The van der Waals surface area contributed by atoms with Gasteiger partial charge in [0.15, 0.2) is 5.82 Å². The first-order chi connectivity index (χ1) is 17.3. The summed E-state index contributed by atoms with van der Waals surface area (Å²) in [5.74, 6) is 5.38. The number of aromatic nitrogens is 1. The summed E-state index contributed by atoms with van der Waals surface area (Å²) in [6, 6.07) is 3.60. The molecule has 2 bridgehead atoms. The van der Waals surface area contributed by atoms with Crippen molar-refractivity contribution in [3.05, 3.63) is 27.5 Å². The number of benzene rings is 1. The molecule has 8 nitrogen and oxygen atoms in total. The minimum absolute atomic E-state index is 0.133. The molecule has 0 spiro atoms. The second kappa shape index (κ2) is 10.9.